The standard InChI is InChI=1S/C19H19FN6O2S/c20-13-4-6-14(7-5-13)25-8-10-26(11-9-25)19(28)21-12-17(27)22-15-2-1-3-16-18(15)24-29-23-16/h1-7H,8-12H2,(H,21,28)(H,22,27). The maximum Gasteiger partial charge on any atom is 0.317 e. The van der Waals surface area contributed by atoms with Gasteiger partial charge in [-0.1, -0.05) is 6.07 Å². The summed E-state index contributed by atoms with van der Waals surface area (Å²) >= 11 is 1.08. The van der Waals surface area contributed by atoms with Crippen LogP contribution in [0.15, 0.2) is 42.5 Å². The fourth-order valence-electron chi connectivity index (χ4n) is 3.19. The molecule has 0 atom stereocenters. The third-order valence-electron chi connectivity index (χ3n) is 4.72. The molecule has 29 heavy (non-hydrogen) atoms. The summed E-state index contributed by atoms with van der Waals surface area (Å²) < 4.78 is 21.4. The van der Waals surface area contributed by atoms with Crippen molar-refractivity contribution >= 4 is 46.1 Å². The Labute approximate surface area is 170 Å². The maximum absolute atomic E-state index is 13.1. The van der Waals surface area contributed by atoms with Gasteiger partial charge in [0.2, 0.25) is 5.91 Å². The van der Waals surface area contributed by atoms with Gasteiger partial charge in [-0.2, -0.15) is 8.75 Å². The van der Waals surface area contributed by atoms with Crippen LogP contribution in [0.1, 0.15) is 0 Å². The third-order valence-corrected chi connectivity index (χ3v) is 5.26. The van der Waals surface area contributed by atoms with Gasteiger partial charge in [-0.3, -0.25) is 4.79 Å². The molecule has 8 nitrogen and oxygen atoms in total. The number of carbonyl (C=O) groups excluding carboxylic acids is 2. The summed E-state index contributed by atoms with van der Waals surface area (Å²) in [6.07, 6.45) is 0. The predicted molar refractivity (Wildman–Crippen MR) is 110 cm³/mol. The molecule has 0 bridgehead atoms. The van der Waals surface area contributed by atoms with E-state index in [0.29, 0.717) is 37.4 Å². The second-order valence-corrected chi connectivity index (χ2v) is 7.12. The van der Waals surface area contributed by atoms with Crippen LogP contribution in [0.25, 0.3) is 11.0 Å². The SMILES string of the molecule is O=C(CNC(=O)N1CCN(c2ccc(F)cc2)CC1)Nc1cccc2nsnc12. The average Bonchev–Trinajstić information content (AvgIpc) is 3.23. The van der Waals surface area contributed by atoms with Crippen LogP contribution in [-0.4, -0.2) is 58.3 Å². The van der Waals surface area contributed by atoms with Gasteiger partial charge < -0.3 is 20.4 Å². The highest BCUT2D eigenvalue weighted by Gasteiger charge is 2.21. The summed E-state index contributed by atoms with van der Waals surface area (Å²) in [5.41, 5.74) is 2.85. The smallest absolute Gasteiger partial charge is 0.317 e. The van der Waals surface area contributed by atoms with Gasteiger partial charge in [0, 0.05) is 31.9 Å². The molecule has 10 heteroatoms. The van der Waals surface area contributed by atoms with Crippen molar-refractivity contribution in [2.75, 3.05) is 42.9 Å². The van der Waals surface area contributed by atoms with E-state index in [4.69, 9.17) is 0 Å². The Kier molecular flexibility index (Phi) is 5.52. The van der Waals surface area contributed by atoms with Crippen molar-refractivity contribution in [3.05, 3.63) is 48.3 Å². The zero-order valence-electron chi connectivity index (χ0n) is 15.5. The lowest BCUT2D eigenvalue weighted by molar-refractivity contribution is -0.115. The van der Waals surface area contributed by atoms with Gasteiger partial charge >= 0.3 is 6.03 Å². The maximum atomic E-state index is 13.1. The highest BCUT2D eigenvalue weighted by molar-refractivity contribution is 7.00. The Balaban J connectivity index is 1.25. The predicted octanol–water partition coefficient (Wildman–Crippen LogP) is 2.30. The van der Waals surface area contributed by atoms with E-state index in [1.165, 1.54) is 12.1 Å². The van der Waals surface area contributed by atoms with E-state index in [9.17, 15) is 14.0 Å². The highest BCUT2D eigenvalue weighted by atomic mass is 32.1. The fourth-order valence-corrected chi connectivity index (χ4v) is 3.74. The number of nitrogens with zero attached hydrogens (tertiary/aromatic N) is 4. The largest absolute Gasteiger partial charge is 0.368 e. The van der Waals surface area contributed by atoms with Crippen molar-refractivity contribution in [3.8, 4) is 0 Å². The zero-order valence-corrected chi connectivity index (χ0v) is 16.3. The molecule has 0 saturated carbocycles. The third kappa shape index (κ3) is 4.43. The number of aromatic nitrogens is 2. The summed E-state index contributed by atoms with van der Waals surface area (Å²) in [4.78, 5) is 28.3. The number of amides is 3. The lowest BCUT2D eigenvalue weighted by Gasteiger charge is -2.36. The minimum absolute atomic E-state index is 0.134. The molecule has 2 heterocycles. The molecule has 1 aliphatic rings. The normalized spacial score (nSPS) is 14.1. The molecule has 2 N–H and O–H groups in total. The number of halogens is 1. The van der Waals surface area contributed by atoms with E-state index in [-0.39, 0.29) is 24.3 Å². The van der Waals surface area contributed by atoms with E-state index in [1.807, 2.05) is 6.07 Å². The Morgan fingerprint density at radius 2 is 1.79 bits per heavy atom. The molecule has 0 spiro atoms. The summed E-state index contributed by atoms with van der Waals surface area (Å²) in [7, 11) is 0. The van der Waals surface area contributed by atoms with Crippen molar-refractivity contribution in [2.45, 2.75) is 0 Å². The molecule has 4 rings (SSSR count). The summed E-state index contributed by atoms with van der Waals surface area (Å²) in [5.74, 6) is -0.601. The van der Waals surface area contributed by atoms with Crippen LogP contribution >= 0.6 is 11.7 Å². The molecule has 2 aromatic carbocycles. The highest BCUT2D eigenvalue weighted by Crippen LogP contribution is 2.21. The number of hydrogen-bond donors (Lipinski definition) is 2. The molecule has 3 aromatic rings. The first-order valence-corrected chi connectivity index (χ1v) is 9.87. The summed E-state index contributed by atoms with van der Waals surface area (Å²) in [5, 5.41) is 5.41. The van der Waals surface area contributed by atoms with Gasteiger partial charge in [0.15, 0.2) is 0 Å². The van der Waals surface area contributed by atoms with Crippen LogP contribution in [0, 0.1) is 5.82 Å². The van der Waals surface area contributed by atoms with Gasteiger partial charge in [-0.15, -0.1) is 0 Å². The van der Waals surface area contributed by atoms with Gasteiger partial charge in [-0.25, -0.2) is 9.18 Å². The molecule has 1 aliphatic heterocycles. The second kappa shape index (κ2) is 8.39. The summed E-state index contributed by atoms with van der Waals surface area (Å²) in [6, 6.07) is 11.4. The van der Waals surface area contributed by atoms with Crippen LogP contribution in [0.4, 0.5) is 20.6 Å². The number of rotatable bonds is 4. The van der Waals surface area contributed by atoms with Crippen molar-refractivity contribution in [2.24, 2.45) is 0 Å². The number of urea groups is 1. The van der Waals surface area contributed by atoms with Crippen molar-refractivity contribution in [1.29, 1.82) is 0 Å². The van der Waals surface area contributed by atoms with E-state index in [1.54, 1.807) is 29.2 Å². The van der Waals surface area contributed by atoms with Crippen LogP contribution in [0.3, 0.4) is 0 Å². The molecule has 0 radical (unpaired) electrons. The Morgan fingerprint density at radius 3 is 2.55 bits per heavy atom. The number of carbonyl (C=O) groups is 2. The first kappa shape index (κ1) is 19.1. The van der Waals surface area contributed by atoms with E-state index in [0.717, 1.165) is 22.9 Å². The number of hydrogen-bond acceptors (Lipinski definition) is 6. The molecule has 150 valence electrons. The monoisotopic (exact) mass is 414 g/mol. The molecule has 1 saturated heterocycles. The first-order valence-electron chi connectivity index (χ1n) is 9.14. The minimum Gasteiger partial charge on any atom is -0.368 e. The van der Waals surface area contributed by atoms with Crippen LogP contribution in [0.2, 0.25) is 0 Å². The minimum atomic E-state index is -0.330. The van der Waals surface area contributed by atoms with Gasteiger partial charge in [-0.05, 0) is 36.4 Å². The molecule has 0 aliphatic carbocycles. The molecule has 1 aromatic heterocycles. The average molecular weight is 414 g/mol. The van der Waals surface area contributed by atoms with Gasteiger partial charge in [0.1, 0.15) is 16.9 Å². The fraction of sp³-hybridized carbons (Fsp3) is 0.263. The van der Waals surface area contributed by atoms with Crippen LogP contribution in [0.5, 0.6) is 0 Å². The number of nitrogens with one attached hydrogen (secondary N) is 2. The van der Waals surface area contributed by atoms with Crippen molar-refractivity contribution in [1.82, 2.24) is 19.0 Å². The van der Waals surface area contributed by atoms with Crippen molar-refractivity contribution < 1.29 is 14.0 Å². The van der Waals surface area contributed by atoms with Gasteiger partial charge in [0.05, 0.1) is 24.0 Å². The topological polar surface area (TPSA) is 90.5 Å². The molecular formula is C19H19FN6O2S. The Morgan fingerprint density at radius 1 is 1.03 bits per heavy atom. The molecule has 0 unspecified atom stereocenters. The number of benzene rings is 2. The Hall–Kier alpha value is -3.27. The van der Waals surface area contributed by atoms with Crippen LogP contribution < -0.4 is 15.5 Å². The van der Waals surface area contributed by atoms with Gasteiger partial charge in [0.25, 0.3) is 0 Å². The summed E-state index contributed by atoms with van der Waals surface area (Å²) in [6.45, 7) is 2.20. The van der Waals surface area contributed by atoms with Crippen LogP contribution in [-0.2, 0) is 4.79 Å². The Bertz CT molecular complexity index is 1020. The lowest BCUT2D eigenvalue weighted by Crippen LogP contribution is -2.52. The molecule has 1 fully saturated rings. The number of fused-ring (bicyclic) bond motifs is 1. The van der Waals surface area contributed by atoms with E-state index >= 15 is 0 Å². The lowest BCUT2D eigenvalue weighted by atomic mass is 10.2. The first-order chi connectivity index (χ1) is 14.1. The zero-order chi connectivity index (χ0) is 20.2. The number of piperazine rings is 1. The second-order valence-electron chi connectivity index (χ2n) is 6.59. The quantitative estimate of drug-likeness (QED) is 0.684. The molecule has 3 amide bonds. The number of anilines is 2. The van der Waals surface area contributed by atoms with E-state index in [2.05, 4.69) is 24.3 Å². The van der Waals surface area contributed by atoms with E-state index < -0.39 is 0 Å². The van der Waals surface area contributed by atoms with Crippen molar-refractivity contribution in [3.63, 3.8) is 0 Å². The molecular weight excluding hydrogens is 395 g/mol.